The molecule has 0 amide bonds. The molecular weight excluding hydrogens is 983 g/mol. The van der Waals surface area contributed by atoms with Crippen LogP contribution in [0.5, 0.6) is 11.5 Å². The summed E-state index contributed by atoms with van der Waals surface area (Å²) in [5.41, 5.74) is 21.9. The zero-order valence-corrected chi connectivity index (χ0v) is 50.6. The van der Waals surface area contributed by atoms with Crippen LogP contribution in [0.4, 0.5) is 0 Å². The summed E-state index contributed by atoms with van der Waals surface area (Å²) in [7, 11) is -2.71. The highest BCUT2D eigenvalue weighted by Gasteiger charge is 2.37. The molecule has 0 atom stereocenters. The summed E-state index contributed by atoms with van der Waals surface area (Å²) < 4.78 is 16.8. The van der Waals surface area contributed by atoms with Gasteiger partial charge in [-0.05, 0) is 166 Å². The van der Waals surface area contributed by atoms with Crippen LogP contribution in [0.3, 0.4) is 0 Å². The Morgan fingerprint density at radius 2 is 0.577 bits per heavy atom. The highest BCUT2D eigenvalue weighted by molar-refractivity contribution is 7.69. The third-order valence-electron chi connectivity index (χ3n) is 16.6. The molecule has 2 aliphatic rings. The minimum absolute atomic E-state index is 0.279. The van der Waals surface area contributed by atoms with E-state index in [1.807, 2.05) is 0 Å². The van der Waals surface area contributed by atoms with Gasteiger partial charge in [0.2, 0.25) is 0 Å². The lowest BCUT2D eigenvalue weighted by Gasteiger charge is -2.34. The Bertz CT molecular complexity index is 2990. The molecule has 0 aliphatic heterocycles. The van der Waals surface area contributed by atoms with E-state index in [1.165, 1.54) is 123 Å². The van der Waals surface area contributed by atoms with Gasteiger partial charge >= 0.3 is 0 Å². The van der Waals surface area contributed by atoms with Gasteiger partial charge in [-0.3, -0.25) is 0 Å². The van der Waals surface area contributed by atoms with Crippen molar-refractivity contribution in [1.29, 1.82) is 0 Å². The van der Waals surface area contributed by atoms with Crippen molar-refractivity contribution in [1.82, 2.24) is 0 Å². The Balaban J connectivity index is 1.45. The Kier molecular flexibility index (Phi) is 17.3. The van der Waals surface area contributed by atoms with Crippen molar-refractivity contribution in [3.63, 3.8) is 0 Å². The second-order valence-electron chi connectivity index (χ2n) is 24.1. The topological polar surface area (TPSA) is 18.5 Å². The van der Waals surface area contributed by atoms with Crippen LogP contribution < -0.4 is 30.3 Å². The Labute approximate surface area is 472 Å². The summed E-state index contributed by atoms with van der Waals surface area (Å²) in [4.78, 5) is 0. The molecule has 2 nitrogen and oxygen atoms in total. The number of rotatable bonds is 17. The van der Waals surface area contributed by atoms with E-state index in [0.717, 1.165) is 50.0 Å². The SMILES string of the molecule is CC(C)c1cc(C(C)C)c(-c2cc3c(c(-c4c5c(cc(-c6c(C(C)C)cc(C(C)C)cc6C(C)C)c4OP(c4ccccc4)c4ccccc4)CCCC5)c2OP(c2ccccc2)c2ccccc2)CCCC3)c(C(C)C)c1. The van der Waals surface area contributed by atoms with E-state index in [9.17, 15) is 0 Å². The molecule has 0 heterocycles. The summed E-state index contributed by atoms with van der Waals surface area (Å²) >= 11 is 0. The van der Waals surface area contributed by atoms with Crippen molar-refractivity contribution in [3.8, 4) is 44.9 Å². The first-order valence-corrected chi connectivity index (χ1v) is 32.1. The second-order valence-corrected chi connectivity index (χ2v) is 27.7. The van der Waals surface area contributed by atoms with Gasteiger partial charge in [0.05, 0.1) is 0 Å². The van der Waals surface area contributed by atoms with Crippen LogP contribution in [-0.4, -0.2) is 0 Å². The molecule has 402 valence electrons. The van der Waals surface area contributed by atoms with Crippen LogP contribution in [0.1, 0.15) is 200 Å². The second kappa shape index (κ2) is 24.3. The van der Waals surface area contributed by atoms with E-state index >= 15 is 0 Å². The molecule has 0 bridgehead atoms. The van der Waals surface area contributed by atoms with Crippen molar-refractivity contribution >= 4 is 37.5 Å². The maximum absolute atomic E-state index is 8.42. The number of benzene rings is 8. The van der Waals surface area contributed by atoms with Crippen LogP contribution in [0.15, 0.2) is 158 Å². The van der Waals surface area contributed by atoms with Crippen molar-refractivity contribution in [2.75, 3.05) is 0 Å². The van der Waals surface area contributed by atoms with Gasteiger partial charge in [0.15, 0.2) is 16.3 Å². The van der Waals surface area contributed by atoms with Crippen molar-refractivity contribution in [2.45, 2.75) is 170 Å². The summed E-state index contributed by atoms with van der Waals surface area (Å²) in [6, 6.07) is 59.8. The molecule has 0 unspecified atom stereocenters. The van der Waals surface area contributed by atoms with Crippen LogP contribution in [-0.2, 0) is 25.7 Å². The van der Waals surface area contributed by atoms with Gasteiger partial charge in [0, 0.05) is 43.5 Å². The molecule has 0 N–H and O–H groups in total. The average molecular weight is 1070 g/mol. The quantitative estimate of drug-likeness (QED) is 0.0846. The first-order chi connectivity index (χ1) is 37.7. The molecule has 10 rings (SSSR count). The molecule has 0 saturated heterocycles. The predicted octanol–water partition coefficient (Wildman–Crippen LogP) is 20.0. The predicted molar refractivity (Wildman–Crippen MR) is 340 cm³/mol. The molecule has 0 radical (unpaired) electrons. The van der Waals surface area contributed by atoms with E-state index in [4.69, 9.17) is 9.05 Å². The Morgan fingerprint density at radius 3 is 0.833 bits per heavy atom. The lowest BCUT2D eigenvalue weighted by Crippen LogP contribution is -2.19. The van der Waals surface area contributed by atoms with Crippen LogP contribution in [0, 0.1) is 0 Å². The van der Waals surface area contributed by atoms with E-state index in [0.29, 0.717) is 11.8 Å². The van der Waals surface area contributed by atoms with E-state index in [2.05, 4.69) is 241 Å². The lowest BCUT2D eigenvalue weighted by atomic mass is 9.74. The molecule has 0 fully saturated rings. The maximum Gasteiger partial charge on any atom is 0.150 e. The van der Waals surface area contributed by atoms with Crippen LogP contribution in [0.25, 0.3) is 33.4 Å². The third kappa shape index (κ3) is 11.3. The van der Waals surface area contributed by atoms with Crippen molar-refractivity contribution in [3.05, 3.63) is 213 Å². The van der Waals surface area contributed by atoms with Crippen LogP contribution >= 0.6 is 16.3 Å². The molecule has 78 heavy (non-hydrogen) atoms. The summed E-state index contributed by atoms with van der Waals surface area (Å²) in [5, 5.41) is 4.81. The van der Waals surface area contributed by atoms with Crippen molar-refractivity contribution in [2.24, 2.45) is 0 Å². The zero-order chi connectivity index (χ0) is 54.8. The van der Waals surface area contributed by atoms with Gasteiger partial charge in [-0.1, -0.05) is 229 Å². The fourth-order valence-corrected chi connectivity index (χ4v) is 15.9. The fraction of sp³-hybridized carbons (Fsp3) is 0.351. The molecule has 0 spiro atoms. The summed E-state index contributed by atoms with van der Waals surface area (Å²) in [5.74, 6) is 3.93. The van der Waals surface area contributed by atoms with Gasteiger partial charge in [-0.2, -0.15) is 0 Å². The van der Waals surface area contributed by atoms with Crippen LogP contribution in [0.2, 0.25) is 0 Å². The smallest absolute Gasteiger partial charge is 0.150 e. The van der Waals surface area contributed by atoms with Crippen molar-refractivity contribution < 1.29 is 9.05 Å². The fourth-order valence-electron chi connectivity index (χ4n) is 12.3. The maximum atomic E-state index is 8.42. The Morgan fingerprint density at radius 1 is 0.308 bits per heavy atom. The standard InChI is InChI=1S/C74H84O2P2/c1-47(2)55-43-63(49(5)6)69(64(44-55)50(7)8)67-41-53-29-25-27-39-61(53)71(73(67)75-77(57-31-17-13-18-32-57)58-33-19-14-20-34-58)72-62-40-28-26-30-54(62)42-68(70-65(51(9)10)45-56(48(3)4)46-66(70)52(11)12)74(72)76-78(59-35-21-15-22-36-59)60-37-23-16-24-38-60/h13-24,31-38,41-52H,25-30,39-40H2,1-12H3. The molecule has 0 aromatic heterocycles. The number of fused-ring (bicyclic) bond motifs is 2. The number of hydrogen-bond donors (Lipinski definition) is 0. The highest BCUT2D eigenvalue weighted by Crippen LogP contribution is 2.59. The minimum Gasteiger partial charge on any atom is -0.463 e. The lowest BCUT2D eigenvalue weighted by molar-refractivity contribution is 0.612. The van der Waals surface area contributed by atoms with Gasteiger partial charge in [-0.15, -0.1) is 0 Å². The number of aryl methyl sites for hydroxylation is 2. The van der Waals surface area contributed by atoms with E-state index in [-0.39, 0.29) is 23.7 Å². The zero-order valence-electron chi connectivity index (χ0n) is 48.8. The molecule has 4 heteroatoms. The molecule has 2 aliphatic carbocycles. The molecule has 8 aromatic carbocycles. The number of hydrogen-bond acceptors (Lipinski definition) is 2. The van der Waals surface area contributed by atoms with Gasteiger partial charge in [0.25, 0.3) is 0 Å². The van der Waals surface area contributed by atoms with E-state index < -0.39 is 16.3 Å². The van der Waals surface area contributed by atoms with Gasteiger partial charge in [-0.25, -0.2) is 0 Å². The molecule has 0 saturated carbocycles. The van der Waals surface area contributed by atoms with Gasteiger partial charge in [0.1, 0.15) is 11.5 Å². The Hall–Kier alpha value is -5.78. The summed E-state index contributed by atoms with van der Waals surface area (Å²) in [6.07, 6.45) is 8.63. The van der Waals surface area contributed by atoms with E-state index in [1.54, 1.807) is 0 Å². The average Bonchev–Trinajstić information content (AvgIpc) is 3.50. The third-order valence-corrected chi connectivity index (χ3v) is 20.4. The highest BCUT2D eigenvalue weighted by atomic mass is 31.1. The minimum atomic E-state index is -1.36. The molecule has 8 aromatic rings. The normalized spacial score (nSPS) is 13.6. The van der Waals surface area contributed by atoms with Gasteiger partial charge < -0.3 is 9.05 Å². The first-order valence-electron chi connectivity index (χ1n) is 29.6. The molecular formula is C74H84O2P2. The first kappa shape index (κ1) is 55.5. The monoisotopic (exact) mass is 1070 g/mol. The largest absolute Gasteiger partial charge is 0.463 e. The summed E-state index contributed by atoms with van der Waals surface area (Å²) in [6.45, 7) is 28.6.